The molecule has 2 nitrogen and oxygen atoms in total. The molecule has 0 fully saturated rings. The maximum atomic E-state index is 6.23. The predicted molar refractivity (Wildman–Crippen MR) is 195 cm³/mol. The molecule has 6 aromatic rings. The molecule has 0 aromatic heterocycles. The Morgan fingerprint density at radius 2 is 1.38 bits per heavy atom. The zero-order valence-corrected chi connectivity index (χ0v) is 26.3. The van der Waals surface area contributed by atoms with Gasteiger partial charge in [0.05, 0.1) is 17.1 Å². The topological polar surface area (TPSA) is 6.48 Å². The first-order valence-corrected chi connectivity index (χ1v) is 16.0. The zero-order valence-electron chi connectivity index (χ0n) is 26.3. The van der Waals surface area contributed by atoms with Gasteiger partial charge in [-0.1, -0.05) is 98.2 Å². The molecule has 0 saturated heterocycles. The summed E-state index contributed by atoms with van der Waals surface area (Å²) in [6.45, 7) is 6.49. The highest BCUT2D eigenvalue weighted by molar-refractivity contribution is 6.28. The third-order valence-corrected chi connectivity index (χ3v) is 8.87. The Balaban J connectivity index is 1.51. The summed E-state index contributed by atoms with van der Waals surface area (Å²) in [6.07, 6.45) is 19.4. The van der Waals surface area contributed by atoms with Crippen LogP contribution >= 0.6 is 0 Å². The average Bonchev–Trinajstić information content (AvgIpc) is 3.07. The Hall–Kier alpha value is -5.26. The van der Waals surface area contributed by atoms with Crippen molar-refractivity contribution in [3.8, 4) is 12.3 Å². The number of unbranched alkanes of at least 4 members (excludes halogenated alkanes) is 1. The normalized spacial score (nSPS) is 13.4. The van der Waals surface area contributed by atoms with Gasteiger partial charge in [0.25, 0.3) is 0 Å². The second-order valence-electron chi connectivity index (χ2n) is 12.1. The SMILES string of the molecule is C#C/C(=C\CCC)N(c1cccc(C)c1)c1ccc2ccc3c(N(C4=CCCC=C4)c4cccc(C)c4)ccc4ccc1c2c43. The number of aryl methyl sites for hydroxylation is 2. The van der Waals surface area contributed by atoms with Gasteiger partial charge in [0, 0.05) is 27.8 Å². The van der Waals surface area contributed by atoms with Crippen molar-refractivity contribution >= 4 is 55.1 Å². The summed E-state index contributed by atoms with van der Waals surface area (Å²) in [7, 11) is 0. The van der Waals surface area contributed by atoms with Crippen molar-refractivity contribution in [1.29, 1.82) is 0 Å². The van der Waals surface area contributed by atoms with Crippen LogP contribution in [0.2, 0.25) is 0 Å². The first-order valence-electron chi connectivity index (χ1n) is 16.0. The van der Waals surface area contributed by atoms with Crippen LogP contribution in [0.4, 0.5) is 22.7 Å². The lowest BCUT2D eigenvalue weighted by atomic mass is 9.91. The highest BCUT2D eigenvalue weighted by Gasteiger charge is 2.22. The highest BCUT2D eigenvalue weighted by atomic mass is 15.2. The van der Waals surface area contributed by atoms with Crippen molar-refractivity contribution in [2.45, 2.75) is 46.5 Å². The Bertz CT molecular complexity index is 2170. The minimum Gasteiger partial charge on any atom is -0.310 e. The third kappa shape index (κ3) is 5.15. The van der Waals surface area contributed by atoms with Crippen LogP contribution in [0.5, 0.6) is 0 Å². The van der Waals surface area contributed by atoms with Crippen molar-refractivity contribution in [3.63, 3.8) is 0 Å². The van der Waals surface area contributed by atoms with E-state index < -0.39 is 0 Å². The first kappa shape index (κ1) is 28.5. The van der Waals surface area contributed by atoms with Gasteiger partial charge in [-0.2, -0.15) is 0 Å². The maximum Gasteiger partial charge on any atom is 0.0926 e. The van der Waals surface area contributed by atoms with E-state index in [2.05, 4.69) is 158 Å². The summed E-state index contributed by atoms with van der Waals surface area (Å²) in [5.41, 5.74) is 9.08. The number of anilines is 4. The number of rotatable bonds is 8. The maximum absolute atomic E-state index is 6.23. The molecule has 7 rings (SSSR count). The van der Waals surface area contributed by atoms with Crippen LogP contribution in [0.25, 0.3) is 32.3 Å². The van der Waals surface area contributed by atoms with Gasteiger partial charge >= 0.3 is 0 Å². The molecule has 0 bridgehead atoms. The van der Waals surface area contributed by atoms with Crippen LogP contribution in [0.15, 0.2) is 133 Å². The van der Waals surface area contributed by atoms with E-state index in [0.29, 0.717) is 0 Å². The van der Waals surface area contributed by atoms with E-state index in [1.165, 1.54) is 60.5 Å². The van der Waals surface area contributed by atoms with Crippen molar-refractivity contribution in [2.24, 2.45) is 0 Å². The molecule has 0 spiro atoms. The minimum absolute atomic E-state index is 0.875. The molecule has 0 heterocycles. The molecular weight excluding hydrogens is 544 g/mol. The quantitative estimate of drug-likeness (QED) is 0.130. The molecule has 6 aromatic carbocycles. The number of hydrogen-bond donors (Lipinski definition) is 0. The zero-order chi connectivity index (χ0) is 30.9. The second kappa shape index (κ2) is 12.0. The minimum atomic E-state index is 0.875. The summed E-state index contributed by atoms with van der Waals surface area (Å²) in [6, 6.07) is 35.6. The Morgan fingerprint density at radius 3 is 2.00 bits per heavy atom. The number of benzene rings is 6. The fourth-order valence-corrected chi connectivity index (χ4v) is 6.79. The Kier molecular flexibility index (Phi) is 7.62. The third-order valence-electron chi connectivity index (χ3n) is 8.87. The monoisotopic (exact) mass is 582 g/mol. The molecule has 0 amide bonds. The number of hydrogen-bond acceptors (Lipinski definition) is 2. The van der Waals surface area contributed by atoms with Crippen molar-refractivity contribution < 1.29 is 0 Å². The van der Waals surface area contributed by atoms with Gasteiger partial charge < -0.3 is 9.80 Å². The van der Waals surface area contributed by atoms with E-state index in [0.717, 1.165) is 42.8 Å². The lowest BCUT2D eigenvalue weighted by Crippen LogP contribution is -2.17. The standard InChI is InChI=1S/C43H38N2/c1-5-7-15-34(6-2)44(36-18-11-13-30(3)28-36)40-26-22-32-21-25-39-41(27-23-33-20-24-38(40)42(32)43(33)39)45(35-16-9-8-10-17-35)37-19-12-14-31(4)29-37/h2,9,11-29H,5,7-8,10H2,1,3-4H3/b34-15+. The van der Waals surface area contributed by atoms with Crippen molar-refractivity contribution in [3.05, 3.63) is 144 Å². The van der Waals surface area contributed by atoms with Crippen molar-refractivity contribution in [1.82, 2.24) is 0 Å². The Morgan fingerprint density at radius 1 is 0.756 bits per heavy atom. The Labute approximate surface area is 266 Å². The molecule has 0 aliphatic heterocycles. The molecule has 45 heavy (non-hydrogen) atoms. The largest absolute Gasteiger partial charge is 0.310 e. The van der Waals surface area contributed by atoms with E-state index in [-0.39, 0.29) is 0 Å². The summed E-state index contributed by atoms with van der Waals surface area (Å²) in [5, 5.41) is 7.46. The van der Waals surface area contributed by atoms with Crippen LogP contribution in [0.3, 0.4) is 0 Å². The van der Waals surface area contributed by atoms with Crippen LogP contribution < -0.4 is 9.80 Å². The summed E-state index contributed by atoms with van der Waals surface area (Å²) >= 11 is 0. The van der Waals surface area contributed by atoms with Gasteiger partial charge in [-0.05, 0) is 108 Å². The van der Waals surface area contributed by atoms with Gasteiger partial charge in [0.1, 0.15) is 0 Å². The summed E-state index contributed by atoms with van der Waals surface area (Å²) < 4.78 is 0. The number of nitrogens with zero attached hydrogens (tertiary/aromatic N) is 2. The smallest absolute Gasteiger partial charge is 0.0926 e. The van der Waals surface area contributed by atoms with Gasteiger partial charge in [-0.3, -0.25) is 0 Å². The summed E-state index contributed by atoms with van der Waals surface area (Å²) in [4.78, 5) is 4.70. The van der Waals surface area contributed by atoms with Crippen LogP contribution in [0.1, 0.15) is 43.7 Å². The van der Waals surface area contributed by atoms with E-state index >= 15 is 0 Å². The molecule has 2 heteroatoms. The molecule has 1 aliphatic carbocycles. The fourth-order valence-electron chi connectivity index (χ4n) is 6.79. The van der Waals surface area contributed by atoms with E-state index in [9.17, 15) is 0 Å². The predicted octanol–water partition coefficient (Wildman–Crippen LogP) is 12.0. The van der Waals surface area contributed by atoms with E-state index in [4.69, 9.17) is 6.42 Å². The van der Waals surface area contributed by atoms with E-state index in [1.807, 2.05) is 0 Å². The molecule has 1 aliphatic rings. The average molecular weight is 583 g/mol. The fraction of sp³-hybridized carbons (Fsp3) is 0.163. The molecular formula is C43H38N2. The van der Waals surface area contributed by atoms with E-state index in [1.54, 1.807) is 0 Å². The first-order chi connectivity index (χ1) is 22.1. The summed E-state index contributed by atoms with van der Waals surface area (Å²) in [5.74, 6) is 3.03. The molecule has 0 radical (unpaired) electrons. The highest BCUT2D eigenvalue weighted by Crippen LogP contribution is 2.46. The van der Waals surface area contributed by atoms with Crippen LogP contribution in [0, 0.1) is 26.2 Å². The van der Waals surface area contributed by atoms with Crippen LogP contribution in [-0.4, -0.2) is 0 Å². The van der Waals surface area contributed by atoms with Gasteiger partial charge in [-0.25, -0.2) is 0 Å². The second-order valence-corrected chi connectivity index (χ2v) is 12.1. The number of allylic oxidation sites excluding steroid dienone is 5. The lowest BCUT2D eigenvalue weighted by Gasteiger charge is -2.30. The van der Waals surface area contributed by atoms with Gasteiger partial charge in [0.2, 0.25) is 0 Å². The van der Waals surface area contributed by atoms with Gasteiger partial charge in [-0.15, -0.1) is 6.42 Å². The lowest BCUT2D eigenvalue weighted by molar-refractivity contribution is 0.948. The number of terminal acetylenes is 1. The van der Waals surface area contributed by atoms with Gasteiger partial charge in [0.15, 0.2) is 0 Å². The molecule has 0 unspecified atom stereocenters. The molecule has 0 saturated carbocycles. The molecule has 0 N–H and O–H groups in total. The van der Waals surface area contributed by atoms with Crippen molar-refractivity contribution in [2.75, 3.05) is 9.80 Å². The molecule has 0 atom stereocenters. The van der Waals surface area contributed by atoms with Crippen LogP contribution in [-0.2, 0) is 0 Å². The molecule has 220 valence electrons.